The van der Waals surface area contributed by atoms with Crippen molar-refractivity contribution in [2.45, 2.75) is 38.5 Å². The van der Waals surface area contributed by atoms with Gasteiger partial charge in [0.1, 0.15) is 11.6 Å². The van der Waals surface area contributed by atoms with Crippen LogP contribution in [-0.4, -0.2) is 11.6 Å². The van der Waals surface area contributed by atoms with Crippen LogP contribution in [0.15, 0.2) is 0 Å². The highest BCUT2D eigenvalue weighted by Gasteiger charge is 2.36. The molecule has 2 fully saturated rings. The van der Waals surface area contributed by atoms with Gasteiger partial charge in [-0.15, -0.1) is 0 Å². The number of rotatable bonds is 0. The molecule has 0 bridgehead atoms. The van der Waals surface area contributed by atoms with E-state index >= 15 is 0 Å². The molecule has 0 aromatic carbocycles. The standard InChI is InChI=1S/C10H14O2/c11-8-5-7-3-1-2-4-9(7)10(12)6-8/h7,9H,1-6H2/t7-,9-/m1/s1. The second kappa shape index (κ2) is 3.00. The Bertz CT molecular complexity index is 220. The van der Waals surface area contributed by atoms with Crippen LogP contribution in [0.4, 0.5) is 0 Å². The summed E-state index contributed by atoms with van der Waals surface area (Å²) in [5, 5.41) is 0. The zero-order valence-corrected chi connectivity index (χ0v) is 7.21. The first-order valence-corrected chi connectivity index (χ1v) is 4.82. The molecule has 0 N–H and O–H groups in total. The van der Waals surface area contributed by atoms with Crippen molar-refractivity contribution in [3.63, 3.8) is 0 Å². The van der Waals surface area contributed by atoms with Gasteiger partial charge in [-0.1, -0.05) is 12.8 Å². The van der Waals surface area contributed by atoms with Crippen molar-refractivity contribution in [1.29, 1.82) is 0 Å². The van der Waals surface area contributed by atoms with Gasteiger partial charge in [-0.25, -0.2) is 0 Å². The summed E-state index contributed by atoms with van der Waals surface area (Å²) in [6.45, 7) is 0. The Morgan fingerprint density at radius 1 is 1.08 bits per heavy atom. The highest BCUT2D eigenvalue weighted by atomic mass is 16.1. The maximum Gasteiger partial charge on any atom is 0.143 e. The first kappa shape index (κ1) is 7.96. The summed E-state index contributed by atoms with van der Waals surface area (Å²) >= 11 is 0. The van der Waals surface area contributed by atoms with Crippen LogP contribution in [0.1, 0.15) is 38.5 Å². The molecule has 66 valence electrons. The van der Waals surface area contributed by atoms with Crippen LogP contribution in [0.3, 0.4) is 0 Å². The van der Waals surface area contributed by atoms with E-state index in [-0.39, 0.29) is 23.9 Å². The second-order valence-electron chi connectivity index (χ2n) is 4.04. The van der Waals surface area contributed by atoms with E-state index in [2.05, 4.69) is 0 Å². The number of hydrogen-bond donors (Lipinski definition) is 0. The van der Waals surface area contributed by atoms with E-state index in [1.54, 1.807) is 0 Å². The Morgan fingerprint density at radius 3 is 2.67 bits per heavy atom. The molecule has 0 aromatic heterocycles. The number of hydrogen-bond acceptors (Lipinski definition) is 2. The van der Waals surface area contributed by atoms with Gasteiger partial charge in [-0.3, -0.25) is 9.59 Å². The summed E-state index contributed by atoms with van der Waals surface area (Å²) in [5.41, 5.74) is 0. The Balaban J connectivity index is 2.11. The number of carbonyl (C=O) groups excluding carboxylic acids is 2. The molecule has 0 amide bonds. The van der Waals surface area contributed by atoms with E-state index in [4.69, 9.17) is 0 Å². The second-order valence-corrected chi connectivity index (χ2v) is 4.04. The van der Waals surface area contributed by atoms with Gasteiger partial charge in [0.2, 0.25) is 0 Å². The normalized spacial score (nSPS) is 36.3. The predicted octanol–water partition coefficient (Wildman–Crippen LogP) is 1.72. The highest BCUT2D eigenvalue weighted by molar-refractivity contribution is 6.02. The topological polar surface area (TPSA) is 34.1 Å². The van der Waals surface area contributed by atoms with Gasteiger partial charge in [0, 0.05) is 12.3 Å². The number of ketones is 2. The summed E-state index contributed by atoms with van der Waals surface area (Å²) in [5.74, 6) is 1.04. The Morgan fingerprint density at radius 2 is 1.83 bits per heavy atom. The Hall–Kier alpha value is -0.660. The molecule has 2 aliphatic carbocycles. The van der Waals surface area contributed by atoms with Crippen molar-refractivity contribution < 1.29 is 9.59 Å². The third kappa shape index (κ3) is 1.30. The molecule has 2 atom stereocenters. The molecule has 0 unspecified atom stereocenters. The third-order valence-corrected chi connectivity index (χ3v) is 3.18. The number of carbonyl (C=O) groups is 2. The summed E-state index contributed by atoms with van der Waals surface area (Å²) in [7, 11) is 0. The average molecular weight is 166 g/mol. The molecular formula is C10H14O2. The van der Waals surface area contributed by atoms with Crippen molar-refractivity contribution >= 4 is 11.6 Å². The molecular weight excluding hydrogens is 152 g/mol. The lowest BCUT2D eigenvalue weighted by molar-refractivity contribution is -0.136. The summed E-state index contributed by atoms with van der Waals surface area (Å²) in [6, 6.07) is 0. The van der Waals surface area contributed by atoms with Crippen molar-refractivity contribution in [2.75, 3.05) is 0 Å². The molecule has 2 nitrogen and oxygen atoms in total. The van der Waals surface area contributed by atoms with Crippen LogP contribution in [0, 0.1) is 11.8 Å². The fourth-order valence-electron chi connectivity index (χ4n) is 2.57. The van der Waals surface area contributed by atoms with E-state index in [0.717, 1.165) is 12.8 Å². The van der Waals surface area contributed by atoms with Crippen LogP contribution in [0.2, 0.25) is 0 Å². The van der Waals surface area contributed by atoms with Gasteiger partial charge in [0.25, 0.3) is 0 Å². The SMILES string of the molecule is O=C1CC(=O)[C@@H]2CCCC[C@@H]2C1. The third-order valence-electron chi connectivity index (χ3n) is 3.18. The zero-order valence-electron chi connectivity index (χ0n) is 7.21. The van der Waals surface area contributed by atoms with Crippen LogP contribution in [-0.2, 0) is 9.59 Å². The van der Waals surface area contributed by atoms with E-state index in [0.29, 0.717) is 12.3 Å². The van der Waals surface area contributed by atoms with E-state index in [9.17, 15) is 9.59 Å². The molecule has 0 spiro atoms. The fraction of sp³-hybridized carbons (Fsp3) is 0.800. The molecule has 0 aromatic rings. The van der Waals surface area contributed by atoms with Crippen LogP contribution in [0.5, 0.6) is 0 Å². The average Bonchev–Trinajstić information content (AvgIpc) is 2.04. The highest BCUT2D eigenvalue weighted by Crippen LogP contribution is 2.37. The minimum Gasteiger partial charge on any atom is -0.299 e. The van der Waals surface area contributed by atoms with Crippen LogP contribution < -0.4 is 0 Å². The van der Waals surface area contributed by atoms with Gasteiger partial charge >= 0.3 is 0 Å². The predicted molar refractivity (Wildman–Crippen MR) is 44.7 cm³/mol. The van der Waals surface area contributed by atoms with Crippen molar-refractivity contribution in [3.05, 3.63) is 0 Å². The lowest BCUT2D eigenvalue weighted by atomic mass is 9.70. The van der Waals surface area contributed by atoms with E-state index in [1.807, 2.05) is 0 Å². The summed E-state index contributed by atoms with van der Waals surface area (Å²) in [6.07, 6.45) is 5.43. The number of Topliss-reactive ketones (excluding diaryl/α,β-unsaturated/α-hetero) is 2. The van der Waals surface area contributed by atoms with Crippen molar-refractivity contribution in [3.8, 4) is 0 Å². The zero-order chi connectivity index (χ0) is 8.55. The first-order chi connectivity index (χ1) is 5.77. The molecule has 2 heteroatoms. The summed E-state index contributed by atoms with van der Waals surface area (Å²) < 4.78 is 0. The molecule has 2 aliphatic rings. The minimum atomic E-state index is 0.170. The molecule has 2 saturated carbocycles. The van der Waals surface area contributed by atoms with Gasteiger partial charge in [0.15, 0.2) is 0 Å². The van der Waals surface area contributed by atoms with Gasteiger partial charge < -0.3 is 0 Å². The van der Waals surface area contributed by atoms with Crippen molar-refractivity contribution in [1.82, 2.24) is 0 Å². The molecule has 0 aliphatic heterocycles. The summed E-state index contributed by atoms with van der Waals surface area (Å²) in [4.78, 5) is 22.5. The smallest absolute Gasteiger partial charge is 0.143 e. The lowest BCUT2D eigenvalue weighted by Crippen LogP contribution is -2.35. The van der Waals surface area contributed by atoms with Crippen LogP contribution in [0.25, 0.3) is 0 Å². The largest absolute Gasteiger partial charge is 0.299 e. The van der Waals surface area contributed by atoms with E-state index in [1.165, 1.54) is 12.8 Å². The number of fused-ring (bicyclic) bond motifs is 1. The van der Waals surface area contributed by atoms with Gasteiger partial charge in [0.05, 0.1) is 6.42 Å². The molecule has 12 heavy (non-hydrogen) atoms. The van der Waals surface area contributed by atoms with E-state index < -0.39 is 0 Å². The van der Waals surface area contributed by atoms with Gasteiger partial charge in [-0.05, 0) is 18.8 Å². The molecule has 0 heterocycles. The Labute approximate surface area is 72.3 Å². The minimum absolute atomic E-state index is 0.170. The molecule has 0 saturated heterocycles. The monoisotopic (exact) mass is 166 g/mol. The molecule has 2 rings (SSSR count). The lowest BCUT2D eigenvalue weighted by Gasteiger charge is -2.33. The molecule has 0 radical (unpaired) electrons. The maximum absolute atomic E-state index is 11.4. The van der Waals surface area contributed by atoms with Gasteiger partial charge in [-0.2, -0.15) is 0 Å². The quantitative estimate of drug-likeness (QED) is 0.513. The maximum atomic E-state index is 11.4. The van der Waals surface area contributed by atoms with Crippen molar-refractivity contribution in [2.24, 2.45) is 11.8 Å². The van der Waals surface area contributed by atoms with Crippen LogP contribution >= 0.6 is 0 Å². The first-order valence-electron chi connectivity index (χ1n) is 4.82. The fourth-order valence-corrected chi connectivity index (χ4v) is 2.57. The Kier molecular flexibility index (Phi) is 1.99.